The first-order valence-electron chi connectivity index (χ1n) is 12.4. The number of hydrogen-bond donors (Lipinski definition) is 2. The zero-order chi connectivity index (χ0) is 27.0. The maximum absolute atomic E-state index is 10.7. The second-order valence-electron chi connectivity index (χ2n) is 8.32. The van der Waals surface area contributed by atoms with Crippen molar-refractivity contribution in [1.29, 1.82) is 5.26 Å². The van der Waals surface area contributed by atoms with Crippen LogP contribution in [0.4, 0.5) is 0 Å². The zero-order valence-corrected chi connectivity index (χ0v) is 23.4. The van der Waals surface area contributed by atoms with E-state index in [-0.39, 0.29) is 44.2 Å². The lowest BCUT2D eigenvalue weighted by molar-refractivity contribution is -0.257. The van der Waals surface area contributed by atoms with Crippen molar-refractivity contribution >= 4 is 14.4 Å². The Bertz CT molecular complexity index is 559. The number of carbonyl (C=O) groups excluding carboxylic acids is 1. The molecular formula is C23H46N3O9P. The van der Waals surface area contributed by atoms with E-state index < -0.39 is 14.6 Å². The molecule has 2 N–H and O–H groups in total. The van der Waals surface area contributed by atoms with Gasteiger partial charge < -0.3 is 33.3 Å². The summed E-state index contributed by atoms with van der Waals surface area (Å²) >= 11 is 0. The third-order valence-corrected chi connectivity index (χ3v) is 6.60. The SMILES string of the molecule is CC(=O)NCCCOCCOCCOCCOCC(COO)OP(OCCC#N)N(C(C)C)C(C)C. The number of nitriles is 1. The lowest BCUT2D eigenvalue weighted by Crippen LogP contribution is -2.36. The van der Waals surface area contributed by atoms with Crippen LogP contribution < -0.4 is 5.32 Å². The molecule has 1 amide bonds. The van der Waals surface area contributed by atoms with Crippen LogP contribution in [0.15, 0.2) is 0 Å². The average molecular weight is 540 g/mol. The highest BCUT2D eigenvalue weighted by molar-refractivity contribution is 7.44. The molecule has 0 aliphatic rings. The summed E-state index contributed by atoms with van der Waals surface area (Å²) in [7, 11) is -1.47. The topological polar surface area (TPSA) is 141 Å². The molecular weight excluding hydrogens is 493 g/mol. The number of amides is 1. The summed E-state index contributed by atoms with van der Waals surface area (Å²) < 4.78 is 36.0. The Balaban J connectivity index is 4.07. The van der Waals surface area contributed by atoms with Crippen molar-refractivity contribution in [2.24, 2.45) is 0 Å². The molecule has 0 spiro atoms. The highest BCUT2D eigenvalue weighted by Crippen LogP contribution is 2.47. The van der Waals surface area contributed by atoms with E-state index in [0.717, 1.165) is 6.42 Å². The molecule has 0 bridgehead atoms. The fourth-order valence-electron chi connectivity index (χ4n) is 2.93. The van der Waals surface area contributed by atoms with Gasteiger partial charge in [-0.25, -0.2) is 9.56 Å². The number of ether oxygens (including phenoxy) is 4. The molecule has 36 heavy (non-hydrogen) atoms. The van der Waals surface area contributed by atoms with Crippen molar-refractivity contribution in [3.8, 4) is 6.07 Å². The van der Waals surface area contributed by atoms with E-state index in [4.69, 9.17) is 38.5 Å². The summed E-state index contributed by atoms with van der Waals surface area (Å²) in [6, 6.07) is 2.38. The lowest BCUT2D eigenvalue weighted by atomic mass is 10.3. The second kappa shape index (κ2) is 24.4. The van der Waals surface area contributed by atoms with Gasteiger partial charge in [-0.2, -0.15) is 5.26 Å². The first kappa shape index (κ1) is 35.0. The Morgan fingerprint density at radius 3 is 1.97 bits per heavy atom. The summed E-state index contributed by atoms with van der Waals surface area (Å²) in [4.78, 5) is 15.0. The molecule has 0 rings (SSSR count). The predicted molar refractivity (Wildman–Crippen MR) is 135 cm³/mol. The van der Waals surface area contributed by atoms with Crippen molar-refractivity contribution in [2.45, 2.75) is 65.6 Å². The number of nitrogens with zero attached hydrogens (tertiary/aromatic N) is 2. The molecule has 13 heteroatoms. The maximum Gasteiger partial charge on any atom is 0.259 e. The summed E-state index contributed by atoms with van der Waals surface area (Å²) in [5, 5.41) is 20.5. The highest BCUT2D eigenvalue weighted by atomic mass is 31.2. The monoisotopic (exact) mass is 539 g/mol. The molecule has 0 aromatic rings. The van der Waals surface area contributed by atoms with Gasteiger partial charge in [0.1, 0.15) is 12.7 Å². The minimum Gasteiger partial charge on any atom is -0.379 e. The molecule has 0 radical (unpaired) electrons. The predicted octanol–water partition coefficient (Wildman–Crippen LogP) is 2.73. The molecule has 212 valence electrons. The van der Waals surface area contributed by atoms with E-state index in [2.05, 4.69) is 20.9 Å². The van der Waals surface area contributed by atoms with Crippen LogP contribution in [0.25, 0.3) is 0 Å². The van der Waals surface area contributed by atoms with Crippen LogP contribution in [-0.2, 0) is 37.7 Å². The van der Waals surface area contributed by atoms with Crippen molar-refractivity contribution in [3.63, 3.8) is 0 Å². The molecule has 0 aromatic carbocycles. The summed E-state index contributed by atoms with van der Waals surface area (Å²) in [5.74, 6) is -0.0389. The average Bonchev–Trinajstić information content (AvgIpc) is 2.81. The summed E-state index contributed by atoms with van der Waals surface area (Å²) in [6.45, 7) is 13.8. The fourth-order valence-corrected chi connectivity index (χ4v) is 4.61. The van der Waals surface area contributed by atoms with Gasteiger partial charge in [0.15, 0.2) is 0 Å². The molecule has 0 aliphatic carbocycles. The smallest absolute Gasteiger partial charge is 0.259 e. The Labute approximate surface area is 217 Å². The van der Waals surface area contributed by atoms with Gasteiger partial charge in [-0.15, -0.1) is 0 Å². The molecule has 0 aromatic heterocycles. The van der Waals surface area contributed by atoms with E-state index in [1.807, 2.05) is 27.7 Å². The molecule has 2 atom stereocenters. The zero-order valence-electron chi connectivity index (χ0n) is 22.5. The third-order valence-electron chi connectivity index (χ3n) is 4.42. The van der Waals surface area contributed by atoms with E-state index >= 15 is 0 Å². The Morgan fingerprint density at radius 2 is 1.47 bits per heavy atom. The van der Waals surface area contributed by atoms with Crippen LogP contribution in [0.2, 0.25) is 0 Å². The van der Waals surface area contributed by atoms with Crippen molar-refractivity contribution < 1.29 is 42.9 Å². The Morgan fingerprint density at radius 1 is 0.917 bits per heavy atom. The van der Waals surface area contributed by atoms with Crippen LogP contribution in [0.3, 0.4) is 0 Å². The van der Waals surface area contributed by atoms with Gasteiger partial charge in [-0.1, -0.05) is 0 Å². The molecule has 0 saturated carbocycles. The van der Waals surface area contributed by atoms with Gasteiger partial charge in [-0.3, -0.25) is 10.1 Å². The molecule has 12 nitrogen and oxygen atoms in total. The quantitative estimate of drug-likeness (QED) is 0.0765. The van der Waals surface area contributed by atoms with Gasteiger partial charge in [0.05, 0.1) is 65.3 Å². The number of nitrogens with one attached hydrogen (secondary N) is 1. The number of hydrogen-bond acceptors (Lipinski definition) is 11. The lowest BCUT2D eigenvalue weighted by Gasteiger charge is -2.37. The maximum atomic E-state index is 10.7. The van der Waals surface area contributed by atoms with Crippen LogP contribution in [-0.4, -0.2) is 107 Å². The van der Waals surface area contributed by atoms with Gasteiger partial charge in [0.2, 0.25) is 5.91 Å². The van der Waals surface area contributed by atoms with Gasteiger partial charge in [0, 0.05) is 32.2 Å². The Hall–Kier alpha value is -0.970. The summed E-state index contributed by atoms with van der Waals surface area (Å²) in [5.41, 5.74) is 0. The van der Waals surface area contributed by atoms with E-state index in [0.29, 0.717) is 52.8 Å². The van der Waals surface area contributed by atoms with Crippen LogP contribution >= 0.6 is 8.53 Å². The third kappa shape index (κ3) is 20.1. The normalized spacial score (nSPS) is 13.3. The van der Waals surface area contributed by atoms with Gasteiger partial charge >= 0.3 is 0 Å². The van der Waals surface area contributed by atoms with E-state index in [1.165, 1.54) is 6.92 Å². The standard InChI is InChI=1S/C23H46N3O9P/c1-20(2)26(21(3)4)36(34-11-6-8-24)35-23(19-33-28)18-32-17-16-31-15-14-30-13-12-29-10-7-9-25-22(5)27/h20-21,23,28H,6-7,9-19H2,1-5H3,(H,25,27). The van der Waals surface area contributed by atoms with Crippen LogP contribution in [0, 0.1) is 11.3 Å². The highest BCUT2D eigenvalue weighted by Gasteiger charge is 2.30. The second-order valence-corrected chi connectivity index (χ2v) is 9.72. The van der Waals surface area contributed by atoms with Crippen molar-refractivity contribution in [3.05, 3.63) is 0 Å². The van der Waals surface area contributed by atoms with Crippen LogP contribution in [0.1, 0.15) is 47.5 Å². The first-order chi connectivity index (χ1) is 17.3. The molecule has 0 heterocycles. The molecule has 2 unspecified atom stereocenters. The van der Waals surface area contributed by atoms with Crippen molar-refractivity contribution in [1.82, 2.24) is 9.99 Å². The van der Waals surface area contributed by atoms with Crippen LogP contribution in [0.5, 0.6) is 0 Å². The summed E-state index contributed by atoms with van der Waals surface area (Å²) in [6.07, 6.45) is 0.477. The number of rotatable bonds is 25. The Kier molecular flexibility index (Phi) is 23.7. The molecule has 0 aliphatic heterocycles. The first-order valence-corrected chi connectivity index (χ1v) is 13.5. The van der Waals surface area contributed by atoms with Gasteiger partial charge in [-0.05, 0) is 34.1 Å². The largest absolute Gasteiger partial charge is 0.379 e. The molecule has 0 saturated heterocycles. The number of carbonyl (C=O) groups is 1. The fraction of sp³-hybridized carbons (Fsp3) is 0.913. The van der Waals surface area contributed by atoms with E-state index in [1.54, 1.807) is 0 Å². The van der Waals surface area contributed by atoms with Crippen molar-refractivity contribution in [2.75, 3.05) is 72.6 Å². The van der Waals surface area contributed by atoms with Gasteiger partial charge in [0.25, 0.3) is 8.53 Å². The minimum atomic E-state index is -1.47. The van der Waals surface area contributed by atoms with E-state index in [9.17, 15) is 4.79 Å². The molecule has 0 fully saturated rings. The minimum absolute atomic E-state index is 0.0389.